The molecule has 0 saturated heterocycles. The van der Waals surface area contributed by atoms with E-state index in [0.717, 1.165) is 52.1 Å². The Bertz CT molecular complexity index is 1230. The van der Waals surface area contributed by atoms with Gasteiger partial charge in [-0.15, -0.1) is 0 Å². The second-order valence-corrected chi connectivity index (χ2v) is 7.11. The number of nitrogens with zero attached hydrogens (tertiary/aromatic N) is 4. The van der Waals surface area contributed by atoms with Crippen LogP contribution in [0.3, 0.4) is 0 Å². The molecule has 28 heavy (non-hydrogen) atoms. The first kappa shape index (κ1) is 16.5. The van der Waals surface area contributed by atoms with E-state index in [1.165, 1.54) is 12.0 Å². The minimum atomic E-state index is 0.123. The Morgan fingerprint density at radius 3 is 3.00 bits per heavy atom. The summed E-state index contributed by atoms with van der Waals surface area (Å²) in [6.07, 6.45) is 4.94. The van der Waals surface area contributed by atoms with Gasteiger partial charge in [0.2, 0.25) is 0 Å². The highest BCUT2D eigenvalue weighted by molar-refractivity contribution is 5.93. The van der Waals surface area contributed by atoms with Gasteiger partial charge in [0.05, 0.1) is 34.7 Å². The highest BCUT2D eigenvalue weighted by atomic mass is 16.3. The van der Waals surface area contributed by atoms with Crippen molar-refractivity contribution in [1.29, 1.82) is 5.26 Å². The molecule has 1 aliphatic rings. The molecule has 138 valence electrons. The molecule has 5 rings (SSSR count). The Kier molecular flexibility index (Phi) is 3.66. The van der Waals surface area contributed by atoms with Crippen LogP contribution in [0.2, 0.25) is 0 Å². The van der Waals surface area contributed by atoms with E-state index in [9.17, 15) is 5.26 Å². The number of aromatic amines is 1. The Morgan fingerprint density at radius 1 is 1.32 bits per heavy atom. The summed E-state index contributed by atoms with van der Waals surface area (Å²) in [6, 6.07) is 8.51. The Labute approximate surface area is 161 Å². The summed E-state index contributed by atoms with van der Waals surface area (Å²) < 4.78 is 5.40. The zero-order valence-electron chi connectivity index (χ0n) is 15.6. The number of aryl methyl sites for hydroxylation is 1. The first-order chi connectivity index (χ1) is 13.7. The second kappa shape index (κ2) is 6.20. The van der Waals surface area contributed by atoms with Gasteiger partial charge in [0.25, 0.3) is 0 Å². The molecule has 1 aromatic carbocycles. The molecule has 0 radical (unpaired) electrons. The van der Waals surface area contributed by atoms with E-state index < -0.39 is 0 Å². The van der Waals surface area contributed by atoms with E-state index >= 15 is 0 Å². The van der Waals surface area contributed by atoms with E-state index in [1.54, 1.807) is 6.20 Å². The minimum absolute atomic E-state index is 0.123. The number of hydrogen-bond acceptors (Lipinski definition) is 6. The average Bonchev–Trinajstić information content (AvgIpc) is 3.42. The van der Waals surface area contributed by atoms with Crippen LogP contribution in [-0.2, 0) is 6.42 Å². The zero-order chi connectivity index (χ0) is 19.3. The molecular weight excluding hydrogens is 352 g/mol. The fourth-order valence-electron chi connectivity index (χ4n) is 4.08. The summed E-state index contributed by atoms with van der Waals surface area (Å²) in [5.74, 6) is 0.631. The first-order valence-electron chi connectivity index (χ1n) is 9.19. The predicted molar refractivity (Wildman–Crippen MR) is 105 cm³/mol. The van der Waals surface area contributed by atoms with Crippen LogP contribution in [-0.4, -0.2) is 20.2 Å². The van der Waals surface area contributed by atoms with Gasteiger partial charge in [-0.25, -0.2) is 4.98 Å². The molecule has 1 atom stereocenters. The third-order valence-electron chi connectivity index (χ3n) is 5.48. The van der Waals surface area contributed by atoms with Crippen LogP contribution < -0.4 is 5.32 Å². The third-order valence-corrected chi connectivity index (χ3v) is 5.48. The summed E-state index contributed by atoms with van der Waals surface area (Å²) >= 11 is 0. The summed E-state index contributed by atoms with van der Waals surface area (Å²) in [4.78, 5) is 8.73. The SMILES string of the molecule is Cc1nc2c(c(C)c1C#N)CCC2Nc1ccc2[nH]nc(-c3cnco3)c2c1. The molecule has 3 heterocycles. The smallest absolute Gasteiger partial charge is 0.181 e. The van der Waals surface area contributed by atoms with E-state index in [0.29, 0.717) is 11.3 Å². The van der Waals surface area contributed by atoms with Crippen molar-refractivity contribution in [3.8, 4) is 17.5 Å². The maximum absolute atomic E-state index is 9.39. The molecule has 0 saturated carbocycles. The molecule has 7 nitrogen and oxygen atoms in total. The maximum atomic E-state index is 9.39. The third kappa shape index (κ3) is 2.46. The van der Waals surface area contributed by atoms with Crippen LogP contribution in [0.15, 0.2) is 35.2 Å². The number of nitriles is 1. The topological polar surface area (TPSA) is 103 Å². The summed E-state index contributed by atoms with van der Waals surface area (Å²) in [5, 5.41) is 21.4. The molecular formula is C21H18N6O. The quantitative estimate of drug-likeness (QED) is 0.560. The summed E-state index contributed by atoms with van der Waals surface area (Å²) in [7, 11) is 0. The monoisotopic (exact) mass is 370 g/mol. The van der Waals surface area contributed by atoms with Crippen LogP contribution in [0, 0.1) is 25.2 Å². The lowest BCUT2D eigenvalue weighted by Crippen LogP contribution is -2.10. The number of benzene rings is 1. The van der Waals surface area contributed by atoms with Gasteiger partial charge in [-0.3, -0.25) is 10.1 Å². The Morgan fingerprint density at radius 2 is 2.21 bits per heavy atom. The second-order valence-electron chi connectivity index (χ2n) is 7.11. The summed E-state index contributed by atoms with van der Waals surface area (Å²) in [5.41, 5.74) is 7.49. The van der Waals surface area contributed by atoms with Crippen LogP contribution in [0.1, 0.15) is 40.5 Å². The molecule has 1 unspecified atom stereocenters. The van der Waals surface area contributed by atoms with Crippen LogP contribution in [0.4, 0.5) is 5.69 Å². The van der Waals surface area contributed by atoms with Gasteiger partial charge in [-0.05, 0) is 56.0 Å². The molecule has 7 heteroatoms. The van der Waals surface area contributed by atoms with Crippen molar-refractivity contribution in [2.75, 3.05) is 5.32 Å². The van der Waals surface area contributed by atoms with Gasteiger partial charge in [0, 0.05) is 11.1 Å². The van der Waals surface area contributed by atoms with E-state index in [2.05, 4.69) is 32.6 Å². The van der Waals surface area contributed by atoms with Gasteiger partial charge in [0.1, 0.15) is 11.8 Å². The normalized spacial score (nSPS) is 15.5. The van der Waals surface area contributed by atoms with Gasteiger partial charge >= 0.3 is 0 Å². The number of hydrogen-bond donors (Lipinski definition) is 2. The molecule has 0 spiro atoms. The minimum Gasteiger partial charge on any atom is -0.442 e. The molecule has 0 bridgehead atoms. The molecule has 0 fully saturated rings. The average molecular weight is 370 g/mol. The van der Waals surface area contributed by atoms with Crippen molar-refractivity contribution in [3.05, 3.63) is 58.9 Å². The number of fused-ring (bicyclic) bond motifs is 2. The van der Waals surface area contributed by atoms with Gasteiger partial charge in [0.15, 0.2) is 12.2 Å². The lowest BCUT2D eigenvalue weighted by atomic mass is 10.0. The van der Waals surface area contributed by atoms with Gasteiger partial charge in [-0.2, -0.15) is 10.4 Å². The molecule has 1 aliphatic carbocycles. The fraction of sp³-hybridized carbons (Fsp3) is 0.238. The summed E-state index contributed by atoms with van der Waals surface area (Å²) in [6.45, 7) is 3.93. The van der Waals surface area contributed by atoms with Crippen molar-refractivity contribution < 1.29 is 4.42 Å². The lowest BCUT2D eigenvalue weighted by molar-refractivity contribution is 0.570. The standard InChI is InChI=1S/C21H18N6O/c1-11-14-4-6-18(20(14)24-12(2)16(11)8-22)25-13-3-5-17-15(7-13)21(27-26-17)19-9-23-10-28-19/h3,5,7,9-10,18,25H,4,6H2,1-2H3,(H,26,27). The fourth-order valence-corrected chi connectivity index (χ4v) is 4.08. The number of oxazole rings is 1. The Hall–Kier alpha value is -3.66. The first-order valence-corrected chi connectivity index (χ1v) is 9.19. The molecule has 3 aromatic heterocycles. The molecule has 2 N–H and O–H groups in total. The number of H-pyrrole nitrogens is 1. The molecule has 4 aromatic rings. The van der Waals surface area contributed by atoms with Crippen LogP contribution in [0.25, 0.3) is 22.4 Å². The van der Waals surface area contributed by atoms with Crippen LogP contribution in [0.5, 0.6) is 0 Å². The lowest BCUT2D eigenvalue weighted by Gasteiger charge is -2.16. The van der Waals surface area contributed by atoms with Crippen molar-refractivity contribution in [1.82, 2.24) is 20.2 Å². The number of pyridine rings is 1. The largest absolute Gasteiger partial charge is 0.442 e. The predicted octanol–water partition coefficient (Wildman–Crippen LogP) is 4.20. The zero-order valence-corrected chi connectivity index (χ0v) is 15.6. The Balaban J connectivity index is 1.51. The van der Waals surface area contributed by atoms with E-state index in [4.69, 9.17) is 9.40 Å². The highest BCUT2D eigenvalue weighted by Crippen LogP contribution is 2.37. The van der Waals surface area contributed by atoms with Crippen molar-refractivity contribution >= 4 is 16.6 Å². The number of aromatic nitrogens is 4. The van der Waals surface area contributed by atoms with Gasteiger partial charge in [-0.1, -0.05) is 0 Å². The van der Waals surface area contributed by atoms with E-state index in [-0.39, 0.29) is 6.04 Å². The van der Waals surface area contributed by atoms with Crippen LogP contribution >= 0.6 is 0 Å². The van der Waals surface area contributed by atoms with Gasteiger partial charge < -0.3 is 9.73 Å². The molecule has 0 amide bonds. The van der Waals surface area contributed by atoms with Crippen molar-refractivity contribution in [2.24, 2.45) is 0 Å². The van der Waals surface area contributed by atoms with Crippen molar-refractivity contribution in [2.45, 2.75) is 32.7 Å². The van der Waals surface area contributed by atoms with E-state index in [1.807, 2.05) is 26.0 Å². The molecule has 0 aliphatic heterocycles. The number of nitrogens with one attached hydrogen (secondary N) is 2. The maximum Gasteiger partial charge on any atom is 0.181 e. The highest BCUT2D eigenvalue weighted by Gasteiger charge is 2.28. The van der Waals surface area contributed by atoms with Crippen molar-refractivity contribution in [3.63, 3.8) is 0 Å². The number of rotatable bonds is 3. The number of anilines is 1.